The van der Waals surface area contributed by atoms with Gasteiger partial charge in [0.15, 0.2) is 11.6 Å². The molecule has 5 heteroatoms. The summed E-state index contributed by atoms with van der Waals surface area (Å²) in [7, 11) is 1.87. The van der Waals surface area contributed by atoms with Crippen molar-refractivity contribution < 1.29 is 4.74 Å². The standard InChI is InChI=1S/C11H14N4O/c1-8-3-4-10(11(12)13-8)16-7-9-5-6-15(2)14-9/h3-6H,7H2,1-2H3,(H2,12,13). The van der Waals surface area contributed by atoms with E-state index in [0.29, 0.717) is 18.2 Å². The van der Waals surface area contributed by atoms with E-state index in [4.69, 9.17) is 10.5 Å². The first-order chi connectivity index (χ1) is 7.65. The van der Waals surface area contributed by atoms with Crippen LogP contribution in [0.15, 0.2) is 24.4 Å². The lowest BCUT2D eigenvalue weighted by molar-refractivity contribution is 0.300. The van der Waals surface area contributed by atoms with Gasteiger partial charge < -0.3 is 10.5 Å². The molecule has 5 nitrogen and oxygen atoms in total. The molecule has 2 N–H and O–H groups in total. The maximum absolute atomic E-state index is 5.73. The number of hydrogen-bond donors (Lipinski definition) is 1. The fourth-order valence-electron chi connectivity index (χ4n) is 1.38. The second-order valence-corrected chi connectivity index (χ2v) is 3.61. The van der Waals surface area contributed by atoms with Crippen LogP contribution >= 0.6 is 0 Å². The molecule has 0 fully saturated rings. The van der Waals surface area contributed by atoms with Gasteiger partial charge in [0.25, 0.3) is 0 Å². The van der Waals surface area contributed by atoms with Gasteiger partial charge in [-0.3, -0.25) is 4.68 Å². The molecule has 0 aliphatic carbocycles. The first-order valence-corrected chi connectivity index (χ1v) is 4.99. The molecule has 0 radical (unpaired) electrons. The van der Waals surface area contributed by atoms with Crippen molar-refractivity contribution >= 4 is 5.82 Å². The maximum Gasteiger partial charge on any atom is 0.166 e. The highest BCUT2D eigenvalue weighted by Gasteiger charge is 2.03. The molecule has 0 saturated heterocycles. The zero-order chi connectivity index (χ0) is 11.5. The highest BCUT2D eigenvalue weighted by atomic mass is 16.5. The molecule has 0 aliphatic heterocycles. The zero-order valence-electron chi connectivity index (χ0n) is 9.34. The molecular formula is C11H14N4O. The van der Waals surface area contributed by atoms with Crippen molar-refractivity contribution in [3.63, 3.8) is 0 Å². The predicted octanol–water partition coefficient (Wildman–Crippen LogP) is 1.28. The molecule has 0 atom stereocenters. The Hall–Kier alpha value is -2.04. The quantitative estimate of drug-likeness (QED) is 0.842. The van der Waals surface area contributed by atoms with Crippen LogP contribution in [-0.2, 0) is 13.7 Å². The van der Waals surface area contributed by atoms with Crippen LogP contribution < -0.4 is 10.5 Å². The number of aryl methyl sites for hydroxylation is 2. The van der Waals surface area contributed by atoms with Crippen molar-refractivity contribution in [3.8, 4) is 5.75 Å². The summed E-state index contributed by atoms with van der Waals surface area (Å²) in [4.78, 5) is 4.12. The lowest BCUT2D eigenvalue weighted by Gasteiger charge is -2.06. The molecule has 0 saturated carbocycles. The molecule has 2 aromatic heterocycles. The first kappa shape index (κ1) is 10.5. The lowest BCUT2D eigenvalue weighted by atomic mass is 10.3. The van der Waals surface area contributed by atoms with Crippen molar-refractivity contribution in [1.82, 2.24) is 14.8 Å². The molecule has 2 aromatic rings. The van der Waals surface area contributed by atoms with Gasteiger partial charge in [-0.15, -0.1) is 0 Å². The van der Waals surface area contributed by atoms with E-state index in [0.717, 1.165) is 11.4 Å². The van der Waals surface area contributed by atoms with Crippen LogP contribution in [0.3, 0.4) is 0 Å². The fraction of sp³-hybridized carbons (Fsp3) is 0.273. The summed E-state index contributed by atoms with van der Waals surface area (Å²) >= 11 is 0. The number of aromatic nitrogens is 3. The van der Waals surface area contributed by atoms with Crippen molar-refractivity contribution in [2.24, 2.45) is 7.05 Å². The Morgan fingerprint density at radius 2 is 2.19 bits per heavy atom. The van der Waals surface area contributed by atoms with Gasteiger partial charge in [-0.2, -0.15) is 5.10 Å². The fourth-order valence-corrected chi connectivity index (χ4v) is 1.38. The summed E-state index contributed by atoms with van der Waals surface area (Å²) in [5.41, 5.74) is 7.47. The third kappa shape index (κ3) is 2.31. The Bertz CT molecular complexity index is 492. The number of ether oxygens (including phenoxy) is 1. The van der Waals surface area contributed by atoms with E-state index >= 15 is 0 Å². The first-order valence-electron chi connectivity index (χ1n) is 4.99. The number of nitrogens with zero attached hydrogens (tertiary/aromatic N) is 3. The van der Waals surface area contributed by atoms with E-state index in [1.165, 1.54) is 0 Å². The van der Waals surface area contributed by atoms with Gasteiger partial charge >= 0.3 is 0 Å². The SMILES string of the molecule is Cc1ccc(OCc2ccn(C)n2)c(N)n1. The van der Waals surface area contributed by atoms with Gasteiger partial charge in [-0.1, -0.05) is 0 Å². The maximum atomic E-state index is 5.73. The van der Waals surface area contributed by atoms with Crippen LogP contribution in [-0.4, -0.2) is 14.8 Å². The minimum absolute atomic E-state index is 0.399. The minimum Gasteiger partial charge on any atom is -0.483 e. The van der Waals surface area contributed by atoms with Crippen molar-refractivity contribution in [2.75, 3.05) is 5.73 Å². The van der Waals surface area contributed by atoms with Crippen molar-refractivity contribution in [2.45, 2.75) is 13.5 Å². The predicted molar refractivity (Wildman–Crippen MR) is 60.9 cm³/mol. The van der Waals surface area contributed by atoms with E-state index < -0.39 is 0 Å². The molecule has 0 unspecified atom stereocenters. The Kier molecular flexibility index (Phi) is 2.76. The van der Waals surface area contributed by atoms with Gasteiger partial charge in [0.1, 0.15) is 6.61 Å². The summed E-state index contributed by atoms with van der Waals surface area (Å²) in [6, 6.07) is 5.59. The van der Waals surface area contributed by atoms with E-state index in [2.05, 4.69) is 10.1 Å². The Labute approximate surface area is 93.9 Å². The molecule has 0 aliphatic rings. The second kappa shape index (κ2) is 4.22. The molecule has 16 heavy (non-hydrogen) atoms. The van der Waals surface area contributed by atoms with E-state index in [1.54, 1.807) is 4.68 Å². The van der Waals surface area contributed by atoms with Crippen molar-refractivity contribution in [1.29, 1.82) is 0 Å². The summed E-state index contributed by atoms with van der Waals surface area (Å²) in [6.07, 6.45) is 1.87. The smallest absolute Gasteiger partial charge is 0.166 e. The van der Waals surface area contributed by atoms with Gasteiger partial charge in [0.05, 0.1) is 5.69 Å². The third-order valence-electron chi connectivity index (χ3n) is 2.17. The average Bonchev–Trinajstić information content (AvgIpc) is 2.63. The molecule has 0 spiro atoms. The Morgan fingerprint density at radius 1 is 1.38 bits per heavy atom. The molecule has 0 amide bonds. The van der Waals surface area contributed by atoms with Crippen LogP contribution in [0.1, 0.15) is 11.4 Å². The van der Waals surface area contributed by atoms with Gasteiger partial charge in [0.2, 0.25) is 0 Å². The number of rotatable bonds is 3. The van der Waals surface area contributed by atoms with Crippen LogP contribution in [0.4, 0.5) is 5.82 Å². The highest BCUT2D eigenvalue weighted by molar-refractivity contribution is 5.46. The zero-order valence-corrected chi connectivity index (χ0v) is 9.34. The topological polar surface area (TPSA) is 66.0 Å². The minimum atomic E-state index is 0.399. The van der Waals surface area contributed by atoms with Gasteiger partial charge in [-0.05, 0) is 25.1 Å². The lowest BCUT2D eigenvalue weighted by Crippen LogP contribution is -2.02. The Balaban J connectivity index is 2.04. The third-order valence-corrected chi connectivity index (χ3v) is 2.17. The molecule has 0 aromatic carbocycles. The molecule has 84 valence electrons. The number of anilines is 1. The molecule has 2 heterocycles. The van der Waals surface area contributed by atoms with Crippen LogP contribution in [0, 0.1) is 6.92 Å². The number of nitrogen functional groups attached to an aromatic ring is 1. The second-order valence-electron chi connectivity index (χ2n) is 3.61. The number of pyridine rings is 1. The van der Waals surface area contributed by atoms with Crippen LogP contribution in [0.5, 0.6) is 5.75 Å². The summed E-state index contributed by atoms with van der Waals surface area (Å²) in [6.45, 7) is 2.29. The number of hydrogen-bond acceptors (Lipinski definition) is 4. The van der Waals surface area contributed by atoms with E-state index in [9.17, 15) is 0 Å². The summed E-state index contributed by atoms with van der Waals surface area (Å²) < 4.78 is 7.26. The average molecular weight is 218 g/mol. The van der Waals surface area contributed by atoms with Gasteiger partial charge in [0, 0.05) is 18.9 Å². The normalized spacial score (nSPS) is 10.4. The monoisotopic (exact) mass is 218 g/mol. The summed E-state index contributed by atoms with van der Waals surface area (Å²) in [5, 5.41) is 4.20. The van der Waals surface area contributed by atoms with E-state index in [1.807, 2.05) is 38.4 Å². The van der Waals surface area contributed by atoms with Gasteiger partial charge in [-0.25, -0.2) is 4.98 Å². The van der Waals surface area contributed by atoms with Crippen LogP contribution in [0.2, 0.25) is 0 Å². The van der Waals surface area contributed by atoms with Crippen molar-refractivity contribution in [3.05, 3.63) is 35.8 Å². The van der Waals surface area contributed by atoms with E-state index in [-0.39, 0.29) is 0 Å². The molecule has 0 bridgehead atoms. The molecular weight excluding hydrogens is 204 g/mol. The molecule has 2 rings (SSSR count). The highest BCUT2D eigenvalue weighted by Crippen LogP contribution is 2.19. The van der Waals surface area contributed by atoms with Crippen LogP contribution in [0.25, 0.3) is 0 Å². The largest absolute Gasteiger partial charge is 0.483 e. The number of nitrogens with two attached hydrogens (primary N) is 1. The Morgan fingerprint density at radius 3 is 2.81 bits per heavy atom. The summed E-state index contributed by atoms with van der Waals surface area (Å²) in [5.74, 6) is 1.01.